The molecular formula is C7H10N3O+. The van der Waals surface area contributed by atoms with Crippen molar-refractivity contribution in [2.45, 2.75) is 6.92 Å². The predicted molar refractivity (Wildman–Crippen MR) is 39.5 cm³/mol. The Balaban J connectivity index is 3.03. The standard InChI is InChI=1S/C7H9N3O/c1-6-4-2-3-5-10(6)7(11)9-8/h2-5H,8H2,1H3/p+1. The number of nitrogens with two attached hydrogens (primary N) is 1. The van der Waals surface area contributed by atoms with E-state index in [0.717, 1.165) is 5.69 Å². The number of hydrogen-bond acceptors (Lipinski definition) is 2. The van der Waals surface area contributed by atoms with Crippen LogP contribution < -0.4 is 15.8 Å². The summed E-state index contributed by atoms with van der Waals surface area (Å²) < 4.78 is 1.43. The highest BCUT2D eigenvalue weighted by Gasteiger charge is 2.11. The number of amides is 1. The van der Waals surface area contributed by atoms with Crippen LogP contribution in [0.5, 0.6) is 0 Å². The molecule has 0 spiro atoms. The Hall–Kier alpha value is -1.42. The molecule has 1 rings (SSSR count). The number of rotatable bonds is 0. The van der Waals surface area contributed by atoms with Crippen LogP contribution in [0.3, 0.4) is 0 Å². The number of nitrogens with one attached hydrogen (secondary N) is 1. The van der Waals surface area contributed by atoms with Gasteiger partial charge in [-0.15, -0.1) is 0 Å². The number of carbonyl (C=O) groups is 1. The zero-order valence-electron chi connectivity index (χ0n) is 6.24. The fourth-order valence-corrected chi connectivity index (χ4v) is 0.826. The maximum absolute atomic E-state index is 11.0. The van der Waals surface area contributed by atoms with Gasteiger partial charge in [0.2, 0.25) is 0 Å². The van der Waals surface area contributed by atoms with Crippen LogP contribution in [0.15, 0.2) is 24.4 Å². The molecule has 0 radical (unpaired) electrons. The molecule has 4 nitrogen and oxygen atoms in total. The van der Waals surface area contributed by atoms with Gasteiger partial charge in [-0.3, -0.25) is 0 Å². The van der Waals surface area contributed by atoms with Crippen LogP contribution in [0.4, 0.5) is 4.79 Å². The molecular weight excluding hydrogens is 142 g/mol. The molecule has 0 fully saturated rings. The van der Waals surface area contributed by atoms with Gasteiger partial charge in [-0.25, -0.2) is 0 Å². The molecule has 0 saturated carbocycles. The molecule has 0 unspecified atom stereocenters. The molecule has 4 heteroatoms. The average Bonchev–Trinajstić information content (AvgIpc) is 2.04. The lowest BCUT2D eigenvalue weighted by molar-refractivity contribution is -0.579. The third kappa shape index (κ3) is 1.53. The Morgan fingerprint density at radius 1 is 1.64 bits per heavy atom. The van der Waals surface area contributed by atoms with E-state index in [1.807, 2.05) is 24.5 Å². The van der Waals surface area contributed by atoms with Crippen molar-refractivity contribution < 1.29 is 9.36 Å². The number of carbonyl (C=O) groups excluding carboxylic acids is 1. The fraction of sp³-hybridized carbons (Fsp3) is 0.143. The first-order chi connectivity index (χ1) is 5.25. The molecule has 3 N–H and O–H groups in total. The van der Waals surface area contributed by atoms with Crippen LogP contribution in [0.1, 0.15) is 5.69 Å². The van der Waals surface area contributed by atoms with Crippen LogP contribution in [-0.4, -0.2) is 6.03 Å². The summed E-state index contributed by atoms with van der Waals surface area (Å²) in [5.41, 5.74) is 2.89. The lowest BCUT2D eigenvalue weighted by Gasteiger charge is -1.96. The van der Waals surface area contributed by atoms with Gasteiger partial charge >= 0.3 is 6.03 Å². The van der Waals surface area contributed by atoms with Crippen molar-refractivity contribution in [1.82, 2.24) is 5.43 Å². The molecule has 1 aromatic rings. The van der Waals surface area contributed by atoms with Gasteiger partial charge in [-0.2, -0.15) is 20.6 Å². The van der Waals surface area contributed by atoms with Crippen molar-refractivity contribution in [1.29, 1.82) is 0 Å². The number of hydrogen-bond donors (Lipinski definition) is 2. The van der Waals surface area contributed by atoms with Crippen LogP contribution in [-0.2, 0) is 0 Å². The summed E-state index contributed by atoms with van der Waals surface area (Å²) in [6.45, 7) is 1.83. The summed E-state index contributed by atoms with van der Waals surface area (Å²) in [7, 11) is 0. The monoisotopic (exact) mass is 152 g/mol. The molecule has 11 heavy (non-hydrogen) atoms. The third-order valence-corrected chi connectivity index (χ3v) is 1.41. The van der Waals surface area contributed by atoms with E-state index in [-0.39, 0.29) is 6.03 Å². The van der Waals surface area contributed by atoms with E-state index >= 15 is 0 Å². The largest absolute Gasteiger partial charge is 0.514 e. The minimum atomic E-state index is -0.330. The number of hydrazine groups is 1. The van der Waals surface area contributed by atoms with E-state index in [1.165, 1.54) is 4.57 Å². The summed E-state index contributed by atoms with van der Waals surface area (Å²) >= 11 is 0. The zero-order valence-corrected chi connectivity index (χ0v) is 6.24. The van der Waals surface area contributed by atoms with Gasteiger partial charge in [0.05, 0.1) is 6.20 Å². The highest BCUT2D eigenvalue weighted by Crippen LogP contribution is 1.85. The lowest BCUT2D eigenvalue weighted by Crippen LogP contribution is -2.54. The lowest BCUT2D eigenvalue weighted by atomic mass is 10.4. The minimum absolute atomic E-state index is 0.330. The topological polar surface area (TPSA) is 59.0 Å². The molecule has 1 amide bonds. The average molecular weight is 152 g/mol. The van der Waals surface area contributed by atoms with E-state index in [2.05, 4.69) is 0 Å². The van der Waals surface area contributed by atoms with E-state index in [1.54, 1.807) is 12.3 Å². The first-order valence-corrected chi connectivity index (χ1v) is 3.24. The van der Waals surface area contributed by atoms with Gasteiger partial charge in [0.15, 0.2) is 0 Å². The van der Waals surface area contributed by atoms with Crippen molar-refractivity contribution in [2.75, 3.05) is 0 Å². The molecule has 0 aromatic carbocycles. The van der Waals surface area contributed by atoms with Crippen molar-refractivity contribution in [3.05, 3.63) is 30.1 Å². The first-order valence-electron chi connectivity index (χ1n) is 3.24. The number of aromatic nitrogens is 1. The quantitative estimate of drug-likeness (QED) is 0.232. The van der Waals surface area contributed by atoms with E-state index < -0.39 is 0 Å². The highest BCUT2D eigenvalue weighted by molar-refractivity contribution is 5.63. The maximum Gasteiger partial charge on any atom is 0.514 e. The van der Waals surface area contributed by atoms with Gasteiger partial charge in [0.1, 0.15) is 5.69 Å². The summed E-state index contributed by atoms with van der Waals surface area (Å²) in [6.07, 6.45) is 1.65. The fourth-order valence-electron chi connectivity index (χ4n) is 0.826. The molecule has 0 aliphatic carbocycles. The number of pyridine rings is 1. The van der Waals surface area contributed by atoms with Crippen molar-refractivity contribution >= 4 is 6.03 Å². The second kappa shape index (κ2) is 3.12. The first kappa shape index (κ1) is 7.68. The Kier molecular flexibility index (Phi) is 2.18. The van der Waals surface area contributed by atoms with Crippen LogP contribution in [0.25, 0.3) is 0 Å². The van der Waals surface area contributed by atoms with E-state index in [0.29, 0.717) is 0 Å². The Labute approximate surface area is 64.6 Å². The van der Waals surface area contributed by atoms with Gasteiger partial charge in [-0.05, 0) is 19.1 Å². The minimum Gasteiger partial charge on any atom is -0.195 e. The molecule has 0 atom stereocenters. The van der Waals surface area contributed by atoms with Gasteiger partial charge in [0, 0.05) is 0 Å². The molecule has 0 saturated heterocycles. The van der Waals surface area contributed by atoms with E-state index in [4.69, 9.17) is 5.84 Å². The van der Waals surface area contributed by atoms with Crippen molar-refractivity contribution in [3.8, 4) is 0 Å². The van der Waals surface area contributed by atoms with Crippen molar-refractivity contribution in [3.63, 3.8) is 0 Å². The SMILES string of the molecule is Cc1cccc[n+]1C(=O)NN. The second-order valence-electron chi connectivity index (χ2n) is 2.16. The Morgan fingerprint density at radius 3 is 2.91 bits per heavy atom. The summed E-state index contributed by atoms with van der Waals surface area (Å²) in [4.78, 5) is 11.0. The molecule has 1 heterocycles. The van der Waals surface area contributed by atoms with Crippen LogP contribution in [0, 0.1) is 6.92 Å². The predicted octanol–water partition coefficient (Wildman–Crippen LogP) is -0.286. The van der Waals surface area contributed by atoms with Gasteiger partial charge in [0.25, 0.3) is 0 Å². The Bertz CT molecular complexity index is 272. The number of nitrogen functional groups attached to an aromatic ring is 1. The second-order valence-corrected chi connectivity index (χ2v) is 2.16. The highest BCUT2D eigenvalue weighted by atomic mass is 16.2. The molecule has 1 aromatic heterocycles. The smallest absolute Gasteiger partial charge is 0.195 e. The molecule has 0 aliphatic rings. The molecule has 58 valence electrons. The normalized spacial score (nSPS) is 9.27. The van der Waals surface area contributed by atoms with Gasteiger partial charge < -0.3 is 0 Å². The van der Waals surface area contributed by atoms with E-state index in [9.17, 15) is 4.79 Å². The molecule has 0 bridgehead atoms. The number of aryl methyl sites for hydroxylation is 1. The third-order valence-electron chi connectivity index (χ3n) is 1.41. The molecule has 0 aliphatic heterocycles. The van der Waals surface area contributed by atoms with Crippen molar-refractivity contribution in [2.24, 2.45) is 5.84 Å². The summed E-state index contributed by atoms with van der Waals surface area (Å²) in [5.74, 6) is 4.95. The Morgan fingerprint density at radius 2 is 2.36 bits per heavy atom. The van der Waals surface area contributed by atoms with Crippen LogP contribution in [0.2, 0.25) is 0 Å². The number of nitrogens with zero attached hydrogens (tertiary/aromatic N) is 1. The summed E-state index contributed by atoms with van der Waals surface area (Å²) in [5, 5.41) is 0. The van der Waals surface area contributed by atoms with Crippen LogP contribution >= 0.6 is 0 Å². The zero-order chi connectivity index (χ0) is 8.27. The summed E-state index contributed by atoms with van der Waals surface area (Å²) in [6, 6.07) is 5.12. The maximum atomic E-state index is 11.0. The van der Waals surface area contributed by atoms with Gasteiger partial charge in [-0.1, -0.05) is 6.07 Å².